The topological polar surface area (TPSA) is 140 Å². The average molecular weight is 712 g/mol. The number of para-hydroxylation sites is 1. The van der Waals surface area contributed by atoms with Crippen LogP contribution in [0.25, 0.3) is 10.2 Å². The number of fused-ring (bicyclic) bond motifs is 3. The van der Waals surface area contributed by atoms with E-state index >= 15 is 0 Å². The minimum Gasteiger partial charge on any atom is -0.465 e. The molecule has 6 rings (SSSR count). The molecule has 1 aromatic heterocycles. The highest BCUT2D eigenvalue weighted by molar-refractivity contribution is 7.91. The van der Waals surface area contributed by atoms with Gasteiger partial charge in [0.25, 0.3) is 5.19 Å². The van der Waals surface area contributed by atoms with Crippen LogP contribution in [0.1, 0.15) is 105 Å². The van der Waals surface area contributed by atoms with Crippen molar-refractivity contribution in [1.29, 1.82) is 0 Å². The van der Waals surface area contributed by atoms with E-state index in [1.165, 1.54) is 11.3 Å². The molecule has 1 saturated heterocycles. The molecule has 2 aliphatic carbocycles. The van der Waals surface area contributed by atoms with Crippen LogP contribution >= 0.6 is 11.3 Å². The van der Waals surface area contributed by atoms with Crippen molar-refractivity contribution in [1.82, 2.24) is 14.6 Å². The Morgan fingerprint density at radius 1 is 1.12 bits per heavy atom. The first-order chi connectivity index (χ1) is 23.1. The van der Waals surface area contributed by atoms with Gasteiger partial charge in [-0.1, -0.05) is 69.2 Å². The fourth-order valence-electron chi connectivity index (χ4n) is 7.40. The van der Waals surface area contributed by atoms with E-state index < -0.39 is 44.2 Å². The highest BCUT2D eigenvalue weighted by atomic mass is 32.2. The predicted molar refractivity (Wildman–Crippen MR) is 188 cm³/mol. The summed E-state index contributed by atoms with van der Waals surface area (Å²) in [6, 6.07) is 6.82. The molecule has 2 amide bonds. The number of benzene rings is 1. The minimum atomic E-state index is -3.90. The Morgan fingerprint density at radius 3 is 2.59 bits per heavy atom. The molecule has 1 aromatic carbocycles. The number of nitrogens with one attached hydrogen (secondary N) is 1. The van der Waals surface area contributed by atoms with Crippen LogP contribution in [0.4, 0.5) is 0 Å². The van der Waals surface area contributed by atoms with Gasteiger partial charge in [0.15, 0.2) is 5.78 Å². The number of ketones is 2. The van der Waals surface area contributed by atoms with Crippen LogP contribution in [0.15, 0.2) is 36.4 Å². The second-order valence-corrected chi connectivity index (χ2v) is 19.4. The second-order valence-electron chi connectivity index (χ2n) is 16.2. The van der Waals surface area contributed by atoms with E-state index in [2.05, 4.69) is 9.71 Å². The van der Waals surface area contributed by atoms with Crippen molar-refractivity contribution in [3.63, 3.8) is 0 Å². The van der Waals surface area contributed by atoms with Gasteiger partial charge < -0.3 is 9.64 Å². The van der Waals surface area contributed by atoms with E-state index in [1.54, 1.807) is 11.8 Å². The molecule has 2 saturated carbocycles. The van der Waals surface area contributed by atoms with Gasteiger partial charge >= 0.3 is 0 Å². The average Bonchev–Trinajstić information content (AvgIpc) is 3.82. The van der Waals surface area contributed by atoms with Crippen LogP contribution in [0.3, 0.4) is 0 Å². The molecular weight excluding hydrogens is 663 g/mol. The normalized spacial score (nSPS) is 29.7. The van der Waals surface area contributed by atoms with E-state index in [4.69, 9.17) is 4.74 Å². The van der Waals surface area contributed by atoms with Crippen LogP contribution in [-0.4, -0.2) is 65.1 Å². The third-order valence-electron chi connectivity index (χ3n) is 10.7. The maximum absolute atomic E-state index is 14.4. The lowest BCUT2D eigenvalue weighted by molar-refractivity contribution is -0.143. The number of nitrogens with zero attached hydrogens (tertiary/aromatic N) is 2. The highest BCUT2D eigenvalue weighted by Crippen LogP contribution is 2.57. The summed E-state index contributed by atoms with van der Waals surface area (Å²) >= 11 is 1.40. The standard InChI is InChI=1S/C37H49N3O7S2/c1-35(2,3)21-26(41)18-24-12-8-6-5-7-9-13-25-20-37(25,33(44)39-49(45,46)36(4)16-17-36)22-30(42)29-19-27(23-40(29)32(24)43)47-34-38-28-14-10-11-15-31(28)48-34/h9-11,13-15,24-25,27,29H,5-8,12,16-23H2,1-4H3,(H,39,44)/b13-9-/t24-,25+,27-,29+,37-/m1/s1. The highest BCUT2D eigenvalue weighted by Gasteiger charge is 2.62. The van der Waals surface area contributed by atoms with Gasteiger partial charge in [-0.3, -0.25) is 23.9 Å². The Hall–Kier alpha value is -3.12. The molecule has 0 radical (unpaired) electrons. The molecule has 2 aliphatic heterocycles. The van der Waals surface area contributed by atoms with E-state index in [9.17, 15) is 27.6 Å². The third-order valence-corrected chi connectivity index (χ3v) is 13.8. The van der Waals surface area contributed by atoms with E-state index in [0.29, 0.717) is 37.3 Å². The van der Waals surface area contributed by atoms with Gasteiger partial charge in [-0.2, -0.15) is 0 Å². The predicted octanol–water partition coefficient (Wildman–Crippen LogP) is 6.14. The molecule has 3 fully saturated rings. The monoisotopic (exact) mass is 711 g/mol. The molecule has 266 valence electrons. The molecule has 0 spiro atoms. The van der Waals surface area contributed by atoms with Gasteiger partial charge in [-0.15, -0.1) is 0 Å². The molecule has 2 aromatic rings. The second kappa shape index (κ2) is 13.5. The molecule has 5 atom stereocenters. The van der Waals surface area contributed by atoms with E-state index in [0.717, 1.165) is 35.9 Å². The Bertz CT molecular complexity index is 1720. The van der Waals surface area contributed by atoms with Crippen molar-refractivity contribution in [2.45, 2.75) is 122 Å². The number of allylic oxidation sites excluding steroid dienone is 2. The summed E-state index contributed by atoms with van der Waals surface area (Å²) in [6.45, 7) is 7.79. The number of aromatic nitrogens is 1. The first kappa shape index (κ1) is 35.7. The van der Waals surface area contributed by atoms with Crippen molar-refractivity contribution in [3.05, 3.63) is 36.4 Å². The number of hydrogen-bond acceptors (Lipinski definition) is 9. The lowest BCUT2D eigenvalue weighted by atomic mass is 9.85. The van der Waals surface area contributed by atoms with Crippen molar-refractivity contribution in [3.8, 4) is 5.19 Å². The number of carbonyl (C=O) groups is 4. The van der Waals surface area contributed by atoms with Crippen LogP contribution in [-0.2, 0) is 29.2 Å². The van der Waals surface area contributed by atoms with Crippen molar-refractivity contribution >= 4 is 55.0 Å². The Morgan fingerprint density at radius 2 is 1.88 bits per heavy atom. The van der Waals surface area contributed by atoms with Crippen LogP contribution in [0.2, 0.25) is 0 Å². The number of ether oxygens (including phenoxy) is 1. The largest absolute Gasteiger partial charge is 0.465 e. The zero-order valence-electron chi connectivity index (χ0n) is 29.0. The number of thiazole rings is 1. The lowest BCUT2D eigenvalue weighted by Gasteiger charge is -2.29. The van der Waals surface area contributed by atoms with Crippen LogP contribution in [0, 0.1) is 22.7 Å². The molecule has 4 aliphatic rings. The fourth-order valence-corrected chi connectivity index (χ4v) is 9.62. The molecule has 1 N–H and O–H groups in total. The summed E-state index contributed by atoms with van der Waals surface area (Å²) in [4.78, 5) is 62.0. The van der Waals surface area contributed by atoms with Gasteiger partial charge in [-0.05, 0) is 68.9 Å². The van der Waals surface area contributed by atoms with Crippen LogP contribution < -0.4 is 9.46 Å². The van der Waals surface area contributed by atoms with Gasteiger partial charge in [-0.25, -0.2) is 13.4 Å². The first-order valence-corrected chi connectivity index (χ1v) is 20.0. The number of carbonyl (C=O) groups excluding carboxylic acids is 4. The molecular formula is C37H49N3O7S2. The minimum absolute atomic E-state index is 0.0260. The van der Waals surface area contributed by atoms with Crippen LogP contribution in [0.5, 0.6) is 5.19 Å². The fraction of sp³-hybridized carbons (Fsp3) is 0.649. The molecule has 10 nitrogen and oxygen atoms in total. The van der Waals surface area contributed by atoms with Crippen molar-refractivity contribution in [2.75, 3.05) is 6.54 Å². The zero-order valence-corrected chi connectivity index (χ0v) is 30.7. The number of amides is 2. The zero-order chi connectivity index (χ0) is 35.2. The number of Topliss-reactive ketones (excluding diaryl/α,β-unsaturated/α-hetero) is 2. The smallest absolute Gasteiger partial charge is 0.274 e. The van der Waals surface area contributed by atoms with Gasteiger partial charge in [0.1, 0.15) is 11.9 Å². The van der Waals surface area contributed by atoms with Crippen molar-refractivity contribution < 1.29 is 32.3 Å². The summed E-state index contributed by atoms with van der Waals surface area (Å²) in [5.41, 5.74) is -0.612. The SMILES string of the molecule is CC(C)(C)CC(=O)C[C@H]1CCCCC/C=C\[C@H]2C[C@@]2(C(=O)NS(=O)(=O)C2(C)CC2)CC(=O)[C@@H]2C[C@@H](Oc3nc4ccccc4s3)CN2C1=O. The number of sulfonamides is 1. The van der Waals surface area contributed by atoms with Gasteiger partial charge in [0, 0.05) is 31.6 Å². The quantitative estimate of drug-likeness (QED) is 0.322. The summed E-state index contributed by atoms with van der Waals surface area (Å²) in [7, 11) is -3.90. The van der Waals surface area contributed by atoms with Crippen molar-refractivity contribution in [2.24, 2.45) is 22.7 Å². The molecule has 49 heavy (non-hydrogen) atoms. The number of rotatable bonds is 8. The Kier molecular flexibility index (Phi) is 9.87. The maximum Gasteiger partial charge on any atom is 0.274 e. The molecule has 0 bridgehead atoms. The van der Waals surface area contributed by atoms with Gasteiger partial charge in [0.2, 0.25) is 21.8 Å². The summed E-state index contributed by atoms with van der Waals surface area (Å²) in [5, 5.41) is 0.452. The molecule has 3 heterocycles. The summed E-state index contributed by atoms with van der Waals surface area (Å²) in [6.07, 6.45) is 9.17. The Labute approximate surface area is 293 Å². The van der Waals surface area contributed by atoms with E-state index in [-0.39, 0.29) is 54.6 Å². The molecule has 12 heteroatoms. The first-order valence-electron chi connectivity index (χ1n) is 17.7. The maximum atomic E-state index is 14.4. The summed E-state index contributed by atoms with van der Waals surface area (Å²) < 4.78 is 34.8. The third kappa shape index (κ3) is 7.95. The molecule has 0 unspecified atom stereocenters. The van der Waals surface area contributed by atoms with Gasteiger partial charge in [0.05, 0.1) is 33.0 Å². The summed E-state index contributed by atoms with van der Waals surface area (Å²) in [5.74, 6) is -1.98. The lowest BCUT2D eigenvalue weighted by Crippen LogP contribution is -2.47. The van der Waals surface area contributed by atoms with E-state index in [1.807, 2.05) is 57.2 Å². The number of hydrogen-bond donors (Lipinski definition) is 1. The Balaban J connectivity index is 1.29.